The maximum absolute atomic E-state index is 5.88. The standard InChI is InChI=1S/C8H9Cl2NO/c1-12-4-5-2-6(9)3-7(11)8(5)10/h2-3H,4,11H2,1H3. The molecule has 0 saturated carbocycles. The number of nitrogens with two attached hydrogens (primary N) is 1. The first kappa shape index (κ1) is 9.65. The Morgan fingerprint density at radius 1 is 1.42 bits per heavy atom. The van der Waals surface area contributed by atoms with Gasteiger partial charge < -0.3 is 10.5 Å². The molecule has 0 amide bonds. The number of benzene rings is 1. The van der Waals surface area contributed by atoms with E-state index in [-0.39, 0.29) is 0 Å². The van der Waals surface area contributed by atoms with Crippen molar-refractivity contribution in [3.05, 3.63) is 27.7 Å². The monoisotopic (exact) mass is 205 g/mol. The lowest BCUT2D eigenvalue weighted by Gasteiger charge is -2.06. The van der Waals surface area contributed by atoms with Crippen molar-refractivity contribution < 1.29 is 4.74 Å². The zero-order valence-corrected chi connectivity index (χ0v) is 8.12. The van der Waals surface area contributed by atoms with Crippen molar-refractivity contribution in [1.82, 2.24) is 0 Å². The molecular formula is C8H9Cl2NO. The summed E-state index contributed by atoms with van der Waals surface area (Å²) in [7, 11) is 1.59. The van der Waals surface area contributed by atoms with Crippen LogP contribution in [-0.4, -0.2) is 7.11 Å². The van der Waals surface area contributed by atoms with Crippen molar-refractivity contribution in [3.63, 3.8) is 0 Å². The second-order valence-corrected chi connectivity index (χ2v) is 3.22. The third-order valence-electron chi connectivity index (χ3n) is 1.44. The van der Waals surface area contributed by atoms with Gasteiger partial charge in [0.2, 0.25) is 0 Å². The van der Waals surface area contributed by atoms with E-state index in [4.69, 9.17) is 33.7 Å². The molecule has 1 rings (SSSR count). The maximum atomic E-state index is 5.88. The Kier molecular flexibility index (Phi) is 3.20. The highest BCUT2D eigenvalue weighted by Crippen LogP contribution is 2.27. The molecule has 66 valence electrons. The van der Waals surface area contributed by atoms with E-state index in [1.165, 1.54) is 0 Å². The summed E-state index contributed by atoms with van der Waals surface area (Å²) in [6.45, 7) is 0.420. The Hall–Kier alpha value is -0.440. The summed E-state index contributed by atoms with van der Waals surface area (Å²) in [5, 5.41) is 1.09. The second kappa shape index (κ2) is 3.99. The molecule has 0 aliphatic carbocycles. The zero-order valence-electron chi connectivity index (χ0n) is 6.60. The highest BCUT2D eigenvalue weighted by Gasteiger charge is 2.05. The van der Waals surface area contributed by atoms with Gasteiger partial charge in [-0.15, -0.1) is 0 Å². The van der Waals surface area contributed by atoms with E-state index in [1.807, 2.05) is 0 Å². The largest absolute Gasteiger partial charge is 0.397 e. The predicted molar refractivity (Wildman–Crippen MR) is 51.6 cm³/mol. The first-order valence-corrected chi connectivity index (χ1v) is 4.13. The summed E-state index contributed by atoms with van der Waals surface area (Å²) in [4.78, 5) is 0. The Morgan fingerprint density at radius 3 is 2.67 bits per heavy atom. The lowest BCUT2D eigenvalue weighted by molar-refractivity contribution is 0.185. The minimum Gasteiger partial charge on any atom is -0.397 e. The number of methoxy groups -OCH3 is 1. The molecule has 1 aromatic rings. The molecule has 1 aromatic carbocycles. The lowest BCUT2D eigenvalue weighted by Crippen LogP contribution is -1.94. The molecule has 0 aliphatic rings. The Morgan fingerprint density at radius 2 is 2.08 bits per heavy atom. The number of hydrogen-bond acceptors (Lipinski definition) is 2. The topological polar surface area (TPSA) is 35.2 Å². The molecule has 0 aromatic heterocycles. The normalized spacial score (nSPS) is 10.2. The zero-order chi connectivity index (χ0) is 9.14. The molecule has 0 bridgehead atoms. The van der Waals surface area contributed by atoms with Gasteiger partial charge in [-0.3, -0.25) is 0 Å². The summed E-state index contributed by atoms with van der Waals surface area (Å²) < 4.78 is 4.92. The van der Waals surface area contributed by atoms with Crippen molar-refractivity contribution >= 4 is 28.9 Å². The molecule has 2 nitrogen and oxygen atoms in total. The minimum absolute atomic E-state index is 0.420. The van der Waals surface area contributed by atoms with E-state index in [2.05, 4.69) is 0 Å². The number of rotatable bonds is 2. The fraction of sp³-hybridized carbons (Fsp3) is 0.250. The quantitative estimate of drug-likeness (QED) is 0.755. The van der Waals surface area contributed by atoms with Gasteiger partial charge in [0.25, 0.3) is 0 Å². The van der Waals surface area contributed by atoms with Gasteiger partial charge in [0.1, 0.15) is 0 Å². The summed E-state index contributed by atoms with van der Waals surface area (Å²) in [6, 6.07) is 3.35. The van der Waals surface area contributed by atoms with Crippen LogP contribution in [0.15, 0.2) is 12.1 Å². The van der Waals surface area contributed by atoms with Gasteiger partial charge in [-0.05, 0) is 17.7 Å². The van der Waals surface area contributed by atoms with Gasteiger partial charge in [0.05, 0.1) is 17.3 Å². The molecule has 0 unspecified atom stereocenters. The van der Waals surface area contributed by atoms with Crippen molar-refractivity contribution in [1.29, 1.82) is 0 Å². The molecule has 0 spiro atoms. The highest BCUT2D eigenvalue weighted by atomic mass is 35.5. The summed E-state index contributed by atoms with van der Waals surface area (Å²) in [6.07, 6.45) is 0. The Balaban J connectivity index is 3.09. The van der Waals surface area contributed by atoms with Crippen LogP contribution in [0.25, 0.3) is 0 Å². The number of nitrogen functional groups attached to an aromatic ring is 1. The molecule has 0 heterocycles. The molecule has 4 heteroatoms. The molecule has 0 atom stereocenters. The highest BCUT2D eigenvalue weighted by molar-refractivity contribution is 6.35. The number of halogens is 2. The summed E-state index contributed by atoms with van der Waals surface area (Å²) in [5.74, 6) is 0. The van der Waals surface area contributed by atoms with Crippen molar-refractivity contribution in [2.24, 2.45) is 0 Å². The van der Waals surface area contributed by atoms with E-state index in [0.717, 1.165) is 5.56 Å². The van der Waals surface area contributed by atoms with Crippen LogP contribution in [0.1, 0.15) is 5.56 Å². The summed E-state index contributed by atoms with van der Waals surface area (Å²) in [5.41, 5.74) is 6.87. The van der Waals surface area contributed by atoms with Crippen LogP contribution in [0.5, 0.6) is 0 Å². The van der Waals surface area contributed by atoms with E-state index < -0.39 is 0 Å². The molecule has 0 radical (unpaired) electrons. The summed E-state index contributed by atoms with van der Waals surface area (Å²) >= 11 is 11.6. The van der Waals surface area contributed by atoms with E-state index in [1.54, 1.807) is 19.2 Å². The van der Waals surface area contributed by atoms with E-state index >= 15 is 0 Å². The Labute approximate surface area is 81.2 Å². The molecule has 0 saturated heterocycles. The fourth-order valence-corrected chi connectivity index (χ4v) is 1.34. The van der Waals surface area contributed by atoms with Crippen LogP contribution in [0, 0.1) is 0 Å². The molecular weight excluding hydrogens is 197 g/mol. The van der Waals surface area contributed by atoms with Crippen LogP contribution in [0.3, 0.4) is 0 Å². The van der Waals surface area contributed by atoms with E-state index in [9.17, 15) is 0 Å². The molecule has 2 N–H and O–H groups in total. The molecule has 0 aliphatic heterocycles. The van der Waals surface area contributed by atoms with Gasteiger partial charge in [-0.2, -0.15) is 0 Å². The van der Waals surface area contributed by atoms with Crippen molar-refractivity contribution in [2.45, 2.75) is 6.61 Å². The second-order valence-electron chi connectivity index (χ2n) is 2.40. The van der Waals surface area contributed by atoms with E-state index in [0.29, 0.717) is 22.3 Å². The fourth-order valence-electron chi connectivity index (χ4n) is 0.929. The smallest absolute Gasteiger partial charge is 0.0728 e. The van der Waals surface area contributed by atoms with Crippen molar-refractivity contribution in [2.75, 3.05) is 12.8 Å². The molecule has 0 fully saturated rings. The lowest BCUT2D eigenvalue weighted by atomic mass is 10.2. The SMILES string of the molecule is COCc1cc(Cl)cc(N)c1Cl. The van der Waals surface area contributed by atoms with Gasteiger partial charge in [-0.25, -0.2) is 0 Å². The van der Waals surface area contributed by atoms with Crippen molar-refractivity contribution in [3.8, 4) is 0 Å². The van der Waals surface area contributed by atoms with Gasteiger partial charge in [-0.1, -0.05) is 23.2 Å². The van der Waals surface area contributed by atoms with Crippen LogP contribution < -0.4 is 5.73 Å². The van der Waals surface area contributed by atoms with Gasteiger partial charge in [0.15, 0.2) is 0 Å². The predicted octanol–water partition coefficient (Wildman–Crippen LogP) is 2.72. The minimum atomic E-state index is 0.420. The average molecular weight is 206 g/mol. The number of ether oxygens (including phenoxy) is 1. The number of anilines is 1. The first-order valence-electron chi connectivity index (χ1n) is 3.37. The maximum Gasteiger partial charge on any atom is 0.0728 e. The third-order valence-corrected chi connectivity index (χ3v) is 2.12. The Bertz CT molecular complexity index is 289. The van der Waals surface area contributed by atoms with Crippen LogP contribution in [0.4, 0.5) is 5.69 Å². The van der Waals surface area contributed by atoms with Crippen LogP contribution in [0.2, 0.25) is 10.0 Å². The van der Waals surface area contributed by atoms with Crippen LogP contribution >= 0.6 is 23.2 Å². The number of hydrogen-bond donors (Lipinski definition) is 1. The van der Waals surface area contributed by atoms with Crippen LogP contribution in [-0.2, 0) is 11.3 Å². The third kappa shape index (κ3) is 2.03. The van der Waals surface area contributed by atoms with Gasteiger partial charge in [0, 0.05) is 12.1 Å². The average Bonchev–Trinajstić information content (AvgIpc) is 2.00. The van der Waals surface area contributed by atoms with Gasteiger partial charge >= 0.3 is 0 Å². The molecule has 12 heavy (non-hydrogen) atoms. The first-order chi connectivity index (χ1) is 5.65.